The summed E-state index contributed by atoms with van der Waals surface area (Å²) >= 11 is 0. The van der Waals surface area contributed by atoms with E-state index in [9.17, 15) is 4.21 Å². The van der Waals surface area contributed by atoms with E-state index >= 15 is 0 Å². The van der Waals surface area contributed by atoms with E-state index in [-0.39, 0.29) is 0 Å². The molecule has 1 heterocycles. The summed E-state index contributed by atoms with van der Waals surface area (Å²) in [7, 11) is -0.506. The summed E-state index contributed by atoms with van der Waals surface area (Å²) < 4.78 is 10.9. The third kappa shape index (κ3) is 2.39. The van der Waals surface area contributed by atoms with Crippen LogP contribution in [0.5, 0.6) is 0 Å². The molecule has 10 heavy (non-hydrogen) atoms. The van der Waals surface area contributed by atoms with Crippen LogP contribution >= 0.6 is 0 Å². The maximum absolute atomic E-state index is 10.9. The number of hydrogen-bond acceptors (Lipinski definition) is 2. The van der Waals surface area contributed by atoms with Gasteiger partial charge >= 0.3 is 0 Å². The molecule has 0 aromatic heterocycles. The standard InChI is InChI=1S/C7H15NOS/c1-2-3-8-4-6-10(9)7-5-8/h2-7H2,1H3. The van der Waals surface area contributed by atoms with Crippen molar-refractivity contribution in [3.05, 3.63) is 0 Å². The minimum Gasteiger partial charge on any atom is -0.302 e. The SMILES string of the molecule is CCCN1CCS(=O)CC1. The highest BCUT2D eigenvalue weighted by Gasteiger charge is 2.12. The zero-order valence-electron chi connectivity index (χ0n) is 6.51. The average molecular weight is 161 g/mol. The van der Waals surface area contributed by atoms with Gasteiger partial charge in [-0.15, -0.1) is 0 Å². The molecule has 3 heteroatoms. The second-order valence-corrected chi connectivity index (χ2v) is 4.39. The fraction of sp³-hybridized carbons (Fsp3) is 1.00. The second kappa shape index (κ2) is 4.09. The van der Waals surface area contributed by atoms with Gasteiger partial charge in [-0.25, -0.2) is 0 Å². The lowest BCUT2D eigenvalue weighted by molar-refractivity contribution is 0.300. The Balaban J connectivity index is 2.19. The first kappa shape index (κ1) is 8.21. The molecular formula is C7H15NOS. The van der Waals surface area contributed by atoms with Crippen molar-refractivity contribution in [1.82, 2.24) is 4.90 Å². The quantitative estimate of drug-likeness (QED) is 0.586. The molecule has 0 aromatic rings. The van der Waals surface area contributed by atoms with Crippen LogP contribution in [0.15, 0.2) is 0 Å². The Morgan fingerprint density at radius 2 is 2.00 bits per heavy atom. The van der Waals surface area contributed by atoms with E-state index in [2.05, 4.69) is 11.8 Å². The Kier molecular flexibility index (Phi) is 3.35. The Morgan fingerprint density at radius 3 is 2.50 bits per heavy atom. The first-order valence-electron chi connectivity index (χ1n) is 3.90. The molecule has 0 N–H and O–H groups in total. The fourth-order valence-electron chi connectivity index (χ4n) is 1.22. The van der Waals surface area contributed by atoms with Crippen LogP contribution in [-0.2, 0) is 10.8 Å². The Labute approximate surface area is 65.1 Å². The minimum atomic E-state index is -0.506. The molecule has 0 amide bonds. The van der Waals surface area contributed by atoms with Gasteiger partial charge in [-0.05, 0) is 13.0 Å². The molecule has 1 aliphatic rings. The number of hydrogen-bond donors (Lipinski definition) is 0. The Morgan fingerprint density at radius 1 is 1.40 bits per heavy atom. The lowest BCUT2D eigenvalue weighted by atomic mass is 10.4. The van der Waals surface area contributed by atoms with Gasteiger partial charge in [0.1, 0.15) is 0 Å². The highest BCUT2D eigenvalue weighted by molar-refractivity contribution is 7.85. The van der Waals surface area contributed by atoms with Crippen LogP contribution in [0.3, 0.4) is 0 Å². The van der Waals surface area contributed by atoms with E-state index < -0.39 is 10.8 Å². The minimum absolute atomic E-state index is 0.506. The van der Waals surface area contributed by atoms with Gasteiger partial charge in [0.25, 0.3) is 0 Å². The molecule has 1 saturated heterocycles. The van der Waals surface area contributed by atoms with Gasteiger partial charge in [0.05, 0.1) is 0 Å². The van der Waals surface area contributed by atoms with Gasteiger partial charge in [-0.3, -0.25) is 4.21 Å². The van der Waals surface area contributed by atoms with Crippen molar-refractivity contribution in [3.8, 4) is 0 Å². The van der Waals surface area contributed by atoms with E-state index in [1.165, 1.54) is 13.0 Å². The molecule has 1 rings (SSSR count). The maximum Gasteiger partial charge on any atom is 0.0363 e. The van der Waals surface area contributed by atoms with Crippen molar-refractivity contribution >= 4 is 10.8 Å². The molecule has 0 radical (unpaired) electrons. The molecule has 1 aliphatic heterocycles. The average Bonchev–Trinajstić information content (AvgIpc) is 1.95. The van der Waals surface area contributed by atoms with E-state index in [1.54, 1.807) is 0 Å². The molecule has 0 aliphatic carbocycles. The van der Waals surface area contributed by atoms with E-state index in [0.717, 1.165) is 24.6 Å². The van der Waals surface area contributed by atoms with Gasteiger partial charge in [-0.2, -0.15) is 0 Å². The summed E-state index contributed by atoms with van der Waals surface area (Å²) in [6.45, 7) is 5.45. The first-order valence-corrected chi connectivity index (χ1v) is 5.39. The summed E-state index contributed by atoms with van der Waals surface area (Å²) in [5.41, 5.74) is 0. The molecule has 0 atom stereocenters. The summed E-state index contributed by atoms with van der Waals surface area (Å²) in [4.78, 5) is 2.39. The molecule has 0 aromatic carbocycles. The van der Waals surface area contributed by atoms with Crippen LogP contribution in [0.4, 0.5) is 0 Å². The predicted octanol–water partition coefficient (Wildman–Crippen LogP) is 0.461. The van der Waals surface area contributed by atoms with E-state index in [1.807, 2.05) is 0 Å². The topological polar surface area (TPSA) is 20.3 Å². The molecule has 2 nitrogen and oxygen atoms in total. The molecule has 0 spiro atoms. The normalized spacial score (nSPS) is 23.3. The zero-order chi connectivity index (χ0) is 7.40. The molecule has 0 saturated carbocycles. The molecular weight excluding hydrogens is 146 g/mol. The predicted molar refractivity (Wildman–Crippen MR) is 44.6 cm³/mol. The van der Waals surface area contributed by atoms with Crippen molar-refractivity contribution in [3.63, 3.8) is 0 Å². The van der Waals surface area contributed by atoms with Crippen LogP contribution in [0.1, 0.15) is 13.3 Å². The lowest BCUT2D eigenvalue weighted by Crippen LogP contribution is -2.37. The van der Waals surface area contributed by atoms with Crippen LogP contribution < -0.4 is 0 Å². The highest BCUT2D eigenvalue weighted by atomic mass is 32.2. The monoisotopic (exact) mass is 161 g/mol. The number of rotatable bonds is 2. The third-order valence-electron chi connectivity index (χ3n) is 1.81. The first-order chi connectivity index (χ1) is 4.83. The lowest BCUT2D eigenvalue weighted by Gasteiger charge is -2.25. The van der Waals surface area contributed by atoms with Crippen LogP contribution in [0, 0.1) is 0 Å². The van der Waals surface area contributed by atoms with E-state index in [4.69, 9.17) is 0 Å². The second-order valence-electron chi connectivity index (χ2n) is 2.69. The molecule has 0 unspecified atom stereocenters. The zero-order valence-corrected chi connectivity index (χ0v) is 7.32. The summed E-state index contributed by atoms with van der Waals surface area (Å²) in [6, 6.07) is 0. The molecule has 60 valence electrons. The van der Waals surface area contributed by atoms with Crippen molar-refractivity contribution < 1.29 is 4.21 Å². The van der Waals surface area contributed by atoms with Crippen molar-refractivity contribution in [2.45, 2.75) is 13.3 Å². The van der Waals surface area contributed by atoms with E-state index in [0.29, 0.717) is 0 Å². The smallest absolute Gasteiger partial charge is 0.0363 e. The van der Waals surface area contributed by atoms with Crippen LogP contribution in [-0.4, -0.2) is 40.2 Å². The van der Waals surface area contributed by atoms with Crippen molar-refractivity contribution in [2.75, 3.05) is 31.1 Å². The summed E-state index contributed by atoms with van der Waals surface area (Å²) in [6.07, 6.45) is 1.21. The van der Waals surface area contributed by atoms with Gasteiger partial charge < -0.3 is 4.90 Å². The maximum atomic E-state index is 10.9. The van der Waals surface area contributed by atoms with Gasteiger partial charge in [0.2, 0.25) is 0 Å². The van der Waals surface area contributed by atoms with Gasteiger partial charge in [0, 0.05) is 35.4 Å². The summed E-state index contributed by atoms with van der Waals surface area (Å²) in [5.74, 6) is 1.78. The van der Waals surface area contributed by atoms with Crippen molar-refractivity contribution in [2.24, 2.45) is 0 Å². The van der Waals surface area contributed by atoms with Crippen molar-refractivity contribution in [1.29, 1.82) is 0 Å². The molecule has 0 bridgehead atoms. The van der Waals surface area contributed by atoms with Gasteiger partial charge in [0.15, 0.2) is 0 Å². The largest absolute Gasteiger partial charge is 0.302 e. The summed E-state index contributed by atoms with van der Waals surface area (Å²) in [5, 5.41) is 0. The molecule has 1 fully saturated rings. The van der Waals surface area contributed by atoms with Crippen LogP contribution in [0.2, 0.25) is 0 Å². The Hall–Kier alpha value is 0.110. The Bertz CT molecular complexity index is 117. The van der Waals surface area contributed by atoms with Gasteiger partial charge in [-0.1, -0.05) is 6.92 Å². The highest BCUT2D eigenvalue weighted by Crippen LogP contribution is 1.99. The van der Waals surface area contributed by atoms with Crippen LogP contribution in [0.25, 0.3) is 0 Å². The fourth-order valence-corrected chi connectivity index (χ4v) is 2.34. The number of nitrogens with zero attached hydrogens (tertiary/aromatic N) is 1. The third-order valence-corrected chi connectivity index (χ3v) is 3.09.